The minimum absolute atomic E-state index is 0.0503. The summed E-state index contributed by atoms with van der Waals surface area (Å²) in [6, 6.07) is 8.40. The fourth-order valence-corrected chi connectivity index (χ4v) is 2.95. The van der Waals surface area contributed by atoms with E-state index < -0.39 is 5.56 Å². The Bertz CT molecular complexity index is 1010. The predicted molar refractivity (Wildman–Crippen MR) is 96.5 cm³/mol. The van der Waals surface area contributed by atoms with Crippen molar-refractivity contribution >= 4 is 10.9 Å². The number of aryl methyl sites for hydroxylation is 2. The molecule has 1 heterocycles. The zero-order valence-electron chi connectivity index (χ0n) is 15.0. The minimum Gasteiger partial charge on any atom is -0.496 e. The van der Waals surface area contributed by atoms with Gasteiger partial charge in [-0.1, -0.05) is 10.5 Å². The first-order valence-electron chi connectivity index (χ1n) is 7.97. The van der Waals surface area contributed by atoms with Crippen LogP contribution in [0.5, 0.6) is 11.5 Å². The van der Waals surface area contributed by atoms with Crippen molar-refractivity contribution in [1.29, 1.82) is 0 Å². The van der Waals surface area contributed by atoms with Gasteiger partial charge in [0.15, 0.2) is 12.6 Å². The van der Waals surface area contributed by atoms with Crippen molar-refractivity contribution < 1.29 is 18.7 Å². The van der Waals surface area contributed by atoms with Crippen LogP contribution in [0.4, 0.5) is 4.48 Å². The molecule has 0 aliphatic carbocycles. The van der Waals surface area contributed by atoms with Crippen molar-refractivity contribution in [1.82, 2.24) is 9.77 Å². The molecule has 0 bridgehead atoms. The van der Waals surface area contributed by atoms with Gasteiger partial charge in [-0.3, -0.25) is 4.79 Å². The molecule has 0 radical (unpaired) electrons. The molecule has 0 spiro atoms. The molecule has 7 heteroatoms. The highest BCUT2D eigenvalue weighted by Crippen LogP contribution is 2.30. The van der Waals surface area contributed by atoms with Crippen molar-refractivity contribution in [2.75, 3.05) is 21.0 Å². The Balaban J connectivity index is 2.20. The molecule has 0 N–H and O–H groups in total. The lowest BCUT2D eigenvalue weighted by atomic mass is 10.0. The molecule has 3 aromatic rings. The molecule has 0 aliphatic heterocycles. The molecule has 0 aliphatic rings. The van der Waals surface area contributed by atoms with E-state index in [2.05, 4.69) is 4.98 Å². The van der Waals surface area contributed by atoms with Gasteiger partial charge in [0.25, 0.3) is 5.56 Å². The van der Waals surface area contributed by atoms with E-state index in [1.54, 1.807) is 30.3 Å². The van der Waals surface area contributed by atoms with Crippen molar-refractivity contribution in [2.45, 2.75) is 13.8 Å². The summed E-state index contributed by atoms with van der Waals surface area (Å²) in [6.07, 6.45) is 0. The molecule has 2 aromatic carbocycles. The molecular weight excluding hydrogens is 339 g/mol. The summed E-state index contributed by atoms with van der Waals surface area (Å²) in [7, 11) is 2.96. The van der Waals surface area contributed by atoms with Gasteiger partial charge in [0.05, 0.1) is 12.6 Å². The van der Waals surface area contributed by atoms with Gasteiger partial charge in [0.2, 0.25) is 0 Å². The second-order valence-electron chi connectivity index (χ2n) is 5.87. The van der Waals surface area contributed by atoms with Crippen molar-refractivity contribution in [2.24, 2.45) is 0 Å². The standard InChI is InChI=1S/C19H19FN2O4/c1-11-8-13(9-12(2)17(11)26-10-24-3)18-21-14-6-5-7-15(25-4)16(14)19(23)22(18)20/h5-9H,10H2,1-4H3. The Morgan fingerprint density at radius 2 is 1.85 bits per heavy atom. The lowest BCUT2D eigenvalue weighted by Crippen LogP contribution is -2.18. The zero-order valence-corrected chi connectivity index (χ0v) is 15.0. The maximum absolute atomic E-state index is 14.7. The van der Waals surface area contributed by atoms with Crippen molar-refractivity contribution in [3.63, 3.8) is 0 Å². The number of fused-ring (bicyclic) bond motifs is 1. The van der Waals surface area contributed by atoms with Gasteiger partial charge in [-0.05, 0) is 49.2 Å². The highest BCUT2D eigenvalue weighted by atomic mass is 19.2. The number of ether oxygens (including phenoxy) is 3. The summed E-state index contributed by atoms with van der Waals surface area (Å²) in [6.45, 7) is 3.79. The average molecular weight is 358 g/mol. The summed E-state index contributed by atoms with van der Waals surface area (Å²) >= 11 is 0. The molecule has 0 unspecified atom stereocenters. The second-order valence-corrected chi connectivity index (χ2v) is 5.87. The summed E-state index contributed by atoms with van der Waals surface area (Å²) < 4.78 is 30.4. The molecule has 0 atom stereocenters. The third-order valence-electron chi connectivity index (χ3n) is 4.07. The van der Waals surface area contributed by atoms with Gasteiger partial charge in [-0.2, -0.15) is 0 Å². The molecule has 6 nitrogen and oxygen atoms in total. The van der Waals surface area contributed by atoms with E-state index in [0.29, 0.717) is 16.8 Å². The van der Waals surface area contributed by atoms with Gasteiger partial charge in [-0.15, -0.1) is 4.79 Å². The summed E-state index contributed by atoms with van der Waals surface area (Å²) in [4.78, 5) is 16.9. The SMILES string of the molecule is COCOc1c(C)cc(-c2nc3cccc(OC)c3c(=O)n2F)cc1C. The van der Waals surface area contributed by atoms with Crippen LogP contribution >= 0.6 is 0 Å². The normalized spacial score (nSPS) is 11.0. The smallest absolute Gasteiger partial charge is 0.293 e. The lowest BCUT2D eigenvalue weighted by Gasteiger charge is -2.14. The maximum Gasteiger partial charge on any atom is 0.293 e. The topological polar surface area (TPSA) is 62.6 Å². The van der Waals surface area contributed by atoms with Gasteiger partial charge < -0.3 is 14.2 Å². The first-order valence-corrected chi connectivity index (χ1v) is 7.97. The van der Waals surface area contributed by atoms with E-state index in [1.807, 2.05) is 13.8 Å². The van der Waals surface area contributed by atoms with E-state index in [9.17, 15) is 9.28 Å². The monoisotopic (exact) mass is 358 g/mol. The number of halogens is 1. The van der Waals surface area contributed by atoms with Crippen LogP contribution in [-0.4, -0.2) is 30.8 Å². The van der Waals surface area contributed by atoms with Crippen LogP contribution in [-0.2, 0) is 4.74 Å². The van der Waals surface area contributed by atoms with Gasteiger partial charge in [0.1, 0.15) is 16.9 Å². The van der Waals surface area contributed by atoms with Crippen LogP contribution in [0.2, 0.25) is 0 Å². The molecular formula is C19H19FN2O4. The van der Waals surface area contributed by atoms with E-state index >= 15 is 0 Å². The number of methoxy groups -OCH3 is 2. The Kier molecular flexibility index (Phi) is 4.90. The first kappa shape index (κ1) is 17.9. The average Bonchev–Trinajstić information content (AvgIpc) is 2.63. The Labute approximate surface area is 149 Å². The number of rotatable bonds is 5. The zero-order chi connectivity index (χ0) is 18.8. The third kappa shape index (κ3) is 3.01. The quantitative estimate of drug-likeness (QED) is 0.654. The number of aromatic nitrogens is 2. The van der Waals surface area contributed by atoms with E-state index in [4.69, 9.17) is 14.2 Å². The fraction of sp³-hybridized carbons (Fsp3) is 0.263. The van der Waals surface area contributed by atoms with Gasteiger partial charge >= 0.3 is 0 Å². The van der Waals surface area contributed by atoms with Gasteiger partial charge in [-0.25, -0.2) is 4.98 Å². The minimum atomic E-state index is -0.808. The van der Waals surface area contributed by atoms with Crippen molar-refractivity contribution in [3.05, 3.63) is 51.8 Å². The highest BCUT2D eigenvalue weighted by molar-refractivity contribution is 5.85. The van der Waals surface area contributed by atoms with Crippen molar-refractivity contribution in [3.8, 4) is 22.9 Å². The third-order valence-corrected chi connectivity index (χ3v) is 4.07. The molecule has 3 rings (SSSR count). The number of benzene rings is 2. The fourth-order valence-electron chi connectivity index (χ4n) is 2.95. The van der Waals surface area contributed by atoms with Crippen LogP contribution in [0.15, 0.2) is 35.1 Å². The lowest BCUT2D eigenvalue weighted by molar-refractivity contribution is 0.0501. The van der Waals surface area contributed by atoms with E-state index in [-0.39, 0.29) is 28.5 Å². The van der Waals surface area contributed by atoms with Crippen LogP contribution in [0.1, 0.15) is 11.1 Å². The molecule has 0 saturated carbocycles. The Hall–Kier alpha value is -2.93. The second kappa shape index (κ2) is 7.13. The summed E-state index contributed by atoms with van der Waals surface area (Å²) in [5.74, 6) is 0.875. The molecule has 1 aromatic heterocycles. The van der Waals surface area contributed by atoms with Gasteiger partial charge in [0, 0.05) is 12.7 Å². The maximum atomic E-state index is 14.7. The van der Waals surface area contributed by atoms with E-state index in [0.717, 1.165) is 11.1 Å². The van der Waals surface area contributed by atoms with Crippen LogP contribution in [0.3, 0.4) is 0 Å². The van der Waals surface area contributed by atoms with Crippen LogP contribution in [0, 0.1) is 13.8 Å². The predicted octanol–water partition coefficient (Wildman–Crippen LogP) is 3.40. The summed E-state index contributed by atoms with van der Waals surface area (Å²) in [5.41, 5.74) is 1.62. The highest BCUT2D eigenvalue weighted by Gasteiger charge is 2.17. The van der Waals surface area contributed by atoms with Crippen LogP contribution < -0.4 is 15.0 Å². The number of nitrogens with zero attached hydrogens (tertiary/aromatic N) is 2. The molecule has 26 heavy (non-hydrogen) atoms. The first-order chi connectivity index (χ1) is 12.5. The summed E-state index contributed by atoms with van der Waals surface area (Å²) in [5, 5.41) is 0.106. The number of hydrogen-bond acceptors (Lipinski definition) is 5. The van der Waals surface area contributed by atoms with E-state index in [1.165, 1.54) is 14.2 Å². The Morgan fingerprint density at radius 1 is 1.15 bits per heavy atom. The molecule has 0 fully saturated rings. The van der Waals surface area contributed by atoms with Crippen LogP contribution in [0.25, 0.3) is 22.3 Å². The number of hydrogen-bond donors (Lipinski definition) is 0. The molecule has 0 amide bonds. The molecule has 0 saturated heterocycles. The molecule has 136 valence electrons. The Morgan fingerprint density at radius 3 is 2.46 bits per heavy atom. The largest absolute Gasteiger partial charge is 0.496 e.